The standard InChI is InChI=1S/C18H21N3O4S/c1-11(22)12-4-3-5-14(8-12)21-17(24)15-9-13(19-16(23)10-26-2)6-7-20(15)18(21)25/h3-5,8,13,15H,6-7,9-10H2,1-2H3,(H,19,23)/t13-,15-/m0/s1. The molecule has 0 unspecified atom stereocenters. The van der Waals surface area contributed by atoms with Gasteiger partial charge in [-0.1, -0.05) is 12.1 Å². The maximum absolute atomic E-state index is 12.9. The van der Waals surface area contributed by atoms with Crippen molar-refractivity contribution in [1.82, 2.24) is 10.2 Å². The smallest absolute Gasteiger partial charge is 0.332 e. The van der Waals surface area contributed by atoms with Crippen LogP contribution in [0.2, 0.25) is 0 Å². The van der Waals surface area contributed by atoms with Crippen molar-refractivity contribution in [2.45, 2.75) is 31.8 Å². The normalized spacial score (nSPS) is 22.4. The third-order valence-corrected chi connectivity index (χ3v) is 5.25. The van der Waals surface area contributed by atoms with Gasteiger partial charge in [-0.3, -0.25) is 14.4 Å². The number of ketones is 1. The molecular formula is C18H21N3O4S. The SMILES string of the molecule is CSCC(=O)N[C@H]1CCN2C(=O)N(c3cccc(C(C)=O)c3)C(=O)[C@@H]2C1. The van der Waals surface area contributed by atoms with Crippen molar-refractivity contribution in [3.63, 3.8) is 0 Å². The molecule has 2 aliphatic rings. The van der Waals surface area contributed by atoms with E-state index in [2.05, 4.69) is 5.32 Å². The third-order valence-electron chi connectivity index (χ3n) is 4.70. The largest absolute Gasteiger partial charge is 0.352 e. The molecule has 2 atom stereocenters. The molecule has 138 valence electrons. The van der Waals surface area contributed by atoms with Gasteiger partial charge in [0, 0.05) is 18.2 Å². The lowest BCUT2D eigenvalue weighted by molar-refractivity contribution is -0.123. The number of rotatable bonds is 5. The zero-order valence-electron chi connectivity index (χ0n) is 14.7. The summed E-state index contributed by atoms with van der Waals surface area (Å²) in [5.74, 6) is -0.111. The fraction of sp³-hybridized carbons (Fsp3) is 0.444. The predicted octanol–water partition coefficient (Wildman–Crippen LogP) is 1.67. The Hall–Kier alpha value is -2.35. The summed E-state index contributed by atoms with van der Waals surface area (Å²) in [6.07, 6.45) is 2.89. The monoisotopic (exact) mass is 375 g/mol. The van der Waals surface area contributed by atoms with Crippen LogP contribution in [0.5, 0.6) is 0 Å². The molecule has 0 spiro atoms. The second-order valence-corrected chi connectivity index (χ2v) is 7.36. The first-order valence-electron chi connectivity index (χ1n) is 8.46. The molecule has 1 N–H and O–H groups in total. The fourth-order valence-electron chi connectivity index (χ4n) is 3.43. The number of piperidine rings is 1. The van der Waals surface area contributed by atoms with Crippen molar-refractivity contribution in [3.05, 3.63) is 29.8 Å². The zero-order valence-corrected chi connectivity index (χ0v) is 15.5. The maximum atomic E-state index is 12.9. The average molecular weight is 375 g/mol. The topological polar surface area (TPSA) is 86.8 Å². The average Bonchev–Trinajstić information content (AvgIpc) is 2.86. The number of thioether (sulfide) groups is 1. The van der Waals surface area contributed by atoms with Crippen LogP contribution in [0.4, 0.5) is 10.5 Å². The summed E-state index contributed by atoms with van der Waals surface area (Å²) >= 11 is 1.44. The van der Waals surface area contributed by atoms with Gasteiger partial charge in [-0.25, -0.2) is 9.69 Å². The Morgan fingerprint density at radius 2 is 2.08 bits per heavy atom. The van der Waals surface area contributed by atoms with Gasteiger partial charge in [0.15, 0.2) is 5.78 Å². The van der Waals surface area contributed by atoms with Gasteiger partial charge in [-0.2, -0.15) is 11.8 Å². The number of hydrogen-bond acceptors (Lipinski definition) is 5. The van der Waals surface area contributed by atoms with Gasteiger partial charge in [-0.05, 0) is 38.2 Å². The van der Waals surface area contributed by atoms with Crippen molar-refractivity contribution in [1.29, 1.82) is 0 Å². The number of Topliss-reactive ketones (excluding diaryl/α,β-unsaturated/α-hetero) is 1. The first-order chi connectivity index (χ1) is 12.4. The minimum Gasteiger partial charge on any atom is -0.352 e. The fourth-order valence-corrected chi connectivity index (χ4v) is 3.78. The second kappa shape index (κ2) is 7.49. The van der Waals surface area contributed by atoms with Gasteiger partial charge in [-0.15, -0.1) is 0 Å². The molecule has 7 nitrogen and oxygen atoms in total. The number of anilines is 1. The van der Waals surface area contributed by atoms with E-state index in [9.17, 15) is 19.2 Å². The molecule has 3 rings (SSSR count). The Kier molecular flexibility index (Phi) is 5.31. The molecule has 1 aromatic carbocycles. The molecular weight excluding hydrogens is 354 g/mol. The van der Waals surface area contributed by atoms with E-state index < -0.39 is 6.04 Å². The van der Waals surface area contributed by atoms with Crippen LogP contribution in [0.25, 0.3) is 0 Å². The van der Waals surface area contributed by atoms with Crippen molar-refractivity contribution >= 4 is 41.1 Å². The van der Waals surface area contributed by atoms with Gasteiger partial charge in [0.05, 0.1) is 11.4 Å². The van der Waals surface area contributed by atoms with Crippen molar-refractivity contribution in [2.24, 2.45) is 0 Å². The number of imide groups is 1. The van der Waals surface area contributed by atoms with Crippen LogP contribution in [0.1, 0.15) is 30.1 Å². The van der Waals surface area contributed by atoms with E-state index in [0.29, 0.717) is 36.4 Å². The Morgan fingerprint density at radius 3 is 2.77 bits per heavy atom. The Morgan fingerprint density at radius 1 is 1.31 bits per heavy atom. The van der Waals surface area contributed by atoms with Crippen LogP contribution in [-0.2, 0) is 9.59 Å². The summed E-state index contributed by atoms with van der Waals surface area (Å²) in [5, 5.41) is 2.93. The van der Waals surface area contributed by atoms with Gasteiger partial charge in [0.2, 0.25) is 5.91 Å². The molecule has 0 aliphatic carbocycles. The van der Waals surface area contributed by atoms with E-state index in [-0.39, 0.29) is 29.7 Å². The van der Waals surface area contributed by atoms with E-state index in [1.165, 1.54) is 18.7 Å². The lowest BCUT2D eigenvalue weighted by Crippen LogP contribution is -2.50. The summed E-state index contributed by atoms with van der Waals surface area (Å²) in [6.45, 7) is 1.86. The van der Waals surface area contributed by atoms with Gasteiger partial charge in [0.25, 0.3) is 5.91 Å². The highest BCUT2D eigenvalue weighted by Crippen LogP contribution is 2.31. The highest BCUT2D eigenvalue weighted by atomic mass is 32.2. The van der Waals surface area contributed by atoms with Crippen LogP contribution in [0.3, 0.4) is 0 Å². The maximum Gasteiger partial charge on any atom is 0.332 e. The van der Waals surface area contributed by atoms with E-state index in [0.717, 1.165) is 4.90 Å². The lowest BCUT2D eigenvalue weighted by atomic mass is 9.98. The molecule has 4 amide bonds. The number of fused-ring (bicyclic) bond motifs is 1. The molecule has 2 aliphatic heterocycles. The number of nitrogens with zero attached hydrogens (tertiary/aromatic N) is 2. The minimum absolute atomic E-state index is 0.0567. The number of carbonyl (C=O) groups excluding carboxylic acids is 4. The molecule has 0 aromatic heterocycles. The highest BCUT2D eigenvalue weighted by Gasteiger charge is 2.48. The molecule has 8 heteroatoms. The van der Waals surface area contributed by atoms with Crippen LogP contribution < -0.4 is 10.2 Å². The Balaban J connectivity index is 1.78. The zero-order chi connectivity index (χ0) is 18.8. The van der Waals surface area contributed by atoms with E-state index in [4.69, 9.17) is 0 Å². The number of benzene rings is 1. The number of carbonyl (C=O) groups is 4. The predicted molar refractivity (Wildman–Crippen MR) is 99.4 cm³/mol. The summed E-state index contributed by atoms with van der Waals surface area (Å²) in [5.41, 5.74) is 0.861. The number of hydrogen-bond donors (Lipinski definition) is 1. The molecule has 0 bridgehead atoms. The summed E-state index contributed by atoms with van der Waals surface area (Å²) in [6, 6.07) is 5.48. The lowest BCUT2D eigenvalue weighted by Gasteiger charge is -2.32. The molecule has 0 saturated carbocycles. The molecule has 2 heterocycles. The molecule has 0 radical (unpaired) electrons. The van der Waals surface area contributed by atoms with Crippen LogP contribution >= 0.6 is 11.8 Å². The highest BCUT2D eigenvalue weighted by molar-refractivity contribution is 7.99. The first kappa shape index (κ1) is 18.4. The van der Waals surface area contributed by atoms with E-state index >= 15 is 0 Å². The molecule has 2 fully saturated rings. The molecule has 2 saturated heterocycles. The van der Waals surface area contributed by atoms with Gasteiger partial charge in [0.1, 0.15) is 6.04 Å². The Labute approximate surface area is 156 Å². The molecule has 1 aromatic rings. The molecule has 26 heavy (non-hydrogen) atoms. The van der Waals surface area contributed by atoms with E-state index in [1.807, 2.05) is 6.26 Å². The number of amides is 4. The number of urea groups is 1. The summed E-state index contributed by atoms with van der Waals surface area (Å²) in [4.78, 5) is 51.6. The summed E-state index contributed by atoms with van der Waals surface area (Å²) < 4.78 is 0. The van der Waals surface area contributed by atoms with Crippen molar-refractivity contribution in [2.75, 3.05) is 23.5 Å². The van der Waals surface area contributed by atoms with Crippen molar-refractivity contribution < 1.29 is 19.2 Å². The third kappa shape index (κ3) is 3.46. The number of nitrogens with one attached hydrogen (secondary N) is 1. The summed E-state index contributed by atoms with van der Waals surface area (Å²) in [7, 11) is 0. The second-order valence-electron chi connectivity index (χ2n) is 6.49. The van der Waals surface area contributed by atoms with Crippen molar-refractivity contribution in [3.8, 4) is 0 Å². The minimum atomic E-state index is -0.572. The quantitative estimate of drug-likeness (QED) is 0.625. The first-order valence-corrected chi connectivity index (χ1v) is 9.85. The van der Waals surface area contributed by atoms with Gasteiger partial charge < -0.3 is 10.2 Å². The van der Waals surface area contributed by atoms with E-state index in [1.54, 1.807) is 29.2 Å². The van der Waals surface area contributed by atoms with Crippen LogP contribution in [0.15, 0.2) is 24.3 Å². The van der Waals surface area contributed by atoms with Crippen LogP contribution in [-0.4, -0.2) is 59.2 Å². The van der Waals surface area contributed by atoms with Crippen LogP contribution in [0, 0.1) is 0 Å². The van der Waals surface area contributed by atoms with Gasteiger partial charge >= 0.3 is 6.03 Å². The Bertz CT molecular complexity index is 767.